The van der Waals surface area contributed by atoms with Gasteiger partial charge in [0, 0.05) is 23.3 Å². The first kappa shape index (κ1) is 10.6. The second kappa shape index (κ2) is 4.71. The van der Waals surface area contributed by atoms with Crippen LogP contribution in [0.4, 0.5) is 0 Å². The molecule has 0 aliphatic rings. The number of pyridine rings is 1. The maximum atomic E-state index is 11.9. The molecule has 0 radical (unpaired) electrons. The van der Waals surface area contributed by atoms with Gasteiger partial charge in [0.1, 0.15) is 0 Å². The molecule has 80 valence electrons. The monoisotopic (exact) mass is 211 g/mol. The van der Waals surface area contributed by atoms with Crippen molar-refractivity contribution in [2.45, 2.75) is 13.3 Å². The molecule has 1 aromatic carbocycles. The Balaban J connectivity index is 2.52. The van der Waals surface area contributed by atoms with E-state index in [1.807, 2.05) is 37.3 Å². The number of fused-ring (bicyclic) bond motifs is 1. The van der Waals surface area contributed by atoms with Crippen molar-refractivity contribution in [3.8, 4) is 0 Å². The van der Waals surface area contributed by atoms with Crippen molar-refractivity contribution < 1.29 is 4.79 Å². The van der Waals surface area contributed by atoms with Gasteiger partial charge in [0.25, 0.3) is 0 Å². The first-order valence-electron chi connectivity index (χ1n) is 5.36. The lowest BCUT2D eigenvalue weighted by molar-refractivity contribution is 0.104. The van der Waals surface area contributed by atoms with Crippen LogP contribution in [0.15, 0.2) is 48.8 Å². The van der Waals surface area contributed by atoms with Gasteiger partial charge in [0.15, 0.2) is 5.78 Å². The van der Waals surface area contributed by atoms with Crippen LogP contribution in [-0.4, -0.2) is 10.8 Å². The molecule has 2 rings (SSSR count). The lowest BCUT2D eigenvalue weighted by Gasteiger charge is -2.01. The van der Waals surface area contributed by atoms with E-state index in [1.54, 1.807) is 18.5 Å². The van der Waals surface area contributed by atoms with Crippen molar-refractivity contribution in [2.24, 2.45) is 0 Å². The standard InChI is InChI=1S/C14H13NO/c1-2-3-8-14(16)13-10-15-9-11-6-4-5-7-12(11)13/h3-10H,2H2,1H3/b8-3+. The minimum Gasteiger partial charge on any atom is -0.289 e. The number of carbonyl (C=O) groups excluding carboxylic acids is 1. The van der Waals surface area contributed by atoms with Gasteiger partial charge in [0.05, 0.1) is 0 Å². The third kappa shape index (κ3) is 2.01. The lowest BCUT2D eigenvalue weighted by Crippen LogP contribution is -1.96. The van der Waals surface area contributed by atoms with Gasteiger partial charge in [-0.05, 0) is 17.9 Å². The number of allylic oxidation sites excluding steroid dienone is 2. The van der Waals surface area contributed by atoms with Crippen molar-refractivity contribution in [1.82, 2.24) is 4.98 Å². The van der Waals surface area contributed by atoms with Gasteiger partial charge in [-0.15, -0.1) is 0 Å². The maximum Gasteiger partial charge on any atom is 0.187 e. The summed E-state index contributed by atoms with van der Waals surface area (Å²) in [5.74, 6) is 0.0196. The molecule has 0 N–H and O–H groups in total. The highest BCUT2D eigenvalue weighted by atomic mass is 16.1. The van der Waals surface area contributed by atoms with E-state index in [4.69, 9.17) is 0 Å². The Bertz CT molecular complexity index is 538. The Morgan fingerprint density at radius 1 is 1.31 bits per heavy atom. The summed E-state index contributed by atoms with van der Waals surface area (Å²) < 4.78 is 0. The average molecular weight is 211 g/mol. The summed E-state index contributed by atoms with van der Waals surface area (Å²) in [6, 6.07) is 7.79. The molecular weight excluding hydrogens is 198 g/mol. The highest BCUT2D eigenvalue weighted by Gasteiger charge is 2.06. The molecule has 2 aromatic rings. The molecule has 0 spiro atoms. The van der Waals surface area contributed by atoms with Crippen molar-refractivity contribution in [2.75, 3.05) is 0 Å². The number of aromatic nitrogens is 1. The van der Waals surface area contributed by atoms with Gasteiger partial charge in [-0.2, -0.15) is 0 Å². The zero-order chi connectivity index (χ0) is 11.4. The maximum absolute atomic E-state index is 11.9. The normalized spacial score (nSPS) is 11.1. The van der Waals surface area contributed by atoms with E-state index in [0.29, 0.717) is 5.56 Å². The third-order valence-electron chi connectivity index (χ3n) is 2.44. The van der Waals surface area contributed by atoms with E-state index in [0.717, 1.165) is 17.2 Å². The van der Waals surface area contributed by atoms with Crippen LogP contribution in [0.25, 0.3) is 10.8 Å². The summed E-state index contributed by atoms with van der Waals surface area (Å²) in [6.45, 7) is 2.01. The van der Waals surface area contributed by atoms with Crippen molar-refractivity contribution in [1.29, 1.82) is 0 Å². The van der Waals surface area contributed by atoms with Gasteiger partial charge >= 0.3 is 0 Å². The minimum atomic E-state index is 0.0196. The predicted molar refractivity (Wildman–Crippen MR) is 65.5 cm³/mol. The number of benzene rings is 1. The van der Waals surface area contributed by atoms with E-state index in [1.165, 1.54) is 0 Å². The number of ketones is 1. The van der Waals surface area contributed by atoms with Crippen LogP contribution in [0.1, 0.15) is 23.7 Å². The SMILES string of the molecule is CC/C=C/C(=O)c1cncc2ccccc12. The smallest absolute Gasteiger partial charge is 0.187 e. The molecule has 2 nitrogen and oxygen atoms in total. The van der Waals surface area contributed by atoms with Crippen LogP contribution >= 0.6 is 0 Å². The predicted octanol–water partition coefficient (Wildman–Crippen LogP) is 3.38. The zero-order valence-electron chi connectivity index (χ0n) is 9.18. The molecule has 0 saturated carbocycles. The van der Waals surface area contributed by atoms with Gasteiger partial charge in [-0.1, -0.05) is 37.3 Å². The Labute approximate surface area is 94.6 Å². The van der Waals surface area contributed by atoms with Crippen molar-refractivity contribution >= 4 is 16.6 Å². The summed E-state index contributed by atoms with van der Waals surface area (Å²) in [6.07, 6.45) is 7.75. The number of hydrogen-bond acceptors (Lipinski definition) is 2. The highest BCUT2D eigenvalue weighted by molar-refractivity contribution is 6.12. The first-order chi connectivity index (χ1) is 7.83. The average Bonchev–Trinajstić information content (AvgIpc) is 2.35. The van der Waals surface area contributed by atoms with Crippen LogP contribution in [-0.2, 0) is 0 Å². The summed E-state index contributed by atoms with van der Waals surface area (Å²) >= 11 is 0. The zero-order valence-corrected chi connectivity index (χ0v) is 9.18. The van der Waals surface area contributed by atoms with E-state index < -0.39 is 0 Å². The van der Waals surface area contributed by atoms with E-state index in [2.05, 4.69) is 4.98 Å². The fourth-order valence-corrected chi connectivity index (χ4v) is 1.63. The summed E-state index contributed by atoms with van der Waals surface area (Å²) in [4.78, 5) is 16.0. The van der Waals surface area contributed by atoms with Gasteiger partial charge in [-0.25, -0.2) is 0 Å². The molecule has 1 heterocycles. The van der Waals surface area contributed by atoms with Crippen LogP contribution in [0.5, 0.6) is 0 Å². The Morgan fingerprint density at radius 2 is 2.12 bits per heavy atom. The molecule has 0 atom stereocenters. The second-order valence-electron chi connectivity index (χ2n) is 3.58. The number of carbonyl (C=O) groups is 1. The Hall–Kier alpha value is -1.96. The molecule has 16 heavy (non-hydrogen) atoms. The van der Waals surface area contributed by atoms with Gasteiger partial charge in [-0.3, -0.25) is 9.78 Å². The minimum absolute atomic E-state index is 0.0196. The van der Waals surface area contributed by atoms with Crippen LogP contribution in [0.3, 0.4) is 0 Å². The van der Waals surface area contributed by atoms with E-state index >= 15 is 0 Å². The van der Waals surface area contributed by atoms with Crippen LogP contribution in [0, 0.1) is 0 Å². The van der Waals surface area contributed by atoms with E-state index in [9.17, 15) is 4.79 Å². The van der Waals surface area contributed by atoms with Crippen LogP contribution < -0.4 is 0 Å². The Kier molecular flexibility index (Phi) is 3.10. The molecule has 0 bridgehead atoms. The first-order valence-corrected chi connectivity index (χ1v) is 5.36. The molecule has 0 saturated heterocycles. The molecule has 0 aliphatic heterocycles. The molecular formula is C14H13NO. The van der Waals surface area contributed by atoms with Crippen molar-refractivity contribution in [3.63, 3.8) is 0 Å². The summed E-state index contributed by atoms with van der Waals surface area (Å²) in [7, 11) is 0. The molecule has 2 heteroatoms. The summed E-state index contributed by atoms with van der Waals surface area (Å²) in [5.41, 5.74) is 0.669. The fourth-order valence-electron chi connectivity index (χ4n) is 1.63. The molecule has 0 fully saturated rings. The quantitative estimate of drug-likeness (QED) is 0.575. The van der Waals surface area contributed by atoms with Gasteiger partial charge in [0.2, 0.25) is 0 Å². The Morgan fingerprint density at radius 3 is 2.94 bits per heavy atom. The molecule has 0 unspecified atom stereocenters. The lowest BCUT2D eigenvalue weighted by atomic mass is 10.0. The van der Waals surface area contributed by atoms with Crippen molar-refractivity contribution in [3.05, 3.63) is 54.4 Å². The third-order valence-corrected chi connectivity index (χ3v) is 2.44. The molecule has 0 aliphatic carbocycles. The van der Waals surface area contributed by atoms with E-state index in [-0.39, 0.29) is 5.78 Å². The highest BCUT2D eigenvalue weighted by Crippen LogP contribution is 2.17. The molecule has 1 aromatic heterocycles. The number of rotatable bonds is 3. The van der Waals surface area contributed by atoms with Crippen LogP contribution in [0.2, 0.25) is 0 Å². The molecule has 0 amide bonds. The largest absolute Gasteiger partial charge is 0.289 e. The van der Waals surface area contributed by atoms with Gasteiger partial charge < -0.3 is 0 Å². The fraction of sp³-hybridized carbons (Fsp3) is 0.143. The number of hydrogen-bond donors (Lipinski definition) is 0. The topological polar surface area (TPSA) is 30.0 Å². The second-order valence-corrected chi connectivity index (χ2v) is 3.58. The summed E-state index contributed by atoms with van der Waals surface area (Å²) in [5, 5.41) is 1.96. The number of nitrogens with zero attached hydrogens (tertiary/aromatic N) is 1.